The molecule has 0 saturated heterocycles. The quantitative estimate of drug-likeness (QED) is 0.377. The third kappa shape index (κ3) is 5.23. The van der Waals surface area contributed by atoms with Crippen molar-refractivity contribution in [3.63, 3.8) is 0 Å². The van der Waals surface area contributed by atoms with Gasteiger partial charge >= 0.3 is 0 Å². The molecule has 0 spiro atoms. The number of hydrogen-bond donors (Lipinski definition) is 1. The van der Waals surface area contributed by atoms with Gasteiger partial charge in [-0.05, 0) is 54.8 Å². The summed E-state index contributed by atoms with van der Waals surface area (Å²) in [7, 11) is 0. The zero-order valence-electron chi connectivity index (χ0n) is 17.1. The molecule has 0 aliphatic rings. The minimum Gasteiger partial charge on any atom is -0.310 e. The van der Waals surface area contributed by atoms with E-state index in [2.05, 4.69) is 62.5 Å². The molecule has 0 radical (unpaired) electrons. The largest absolute Gasteiger partial charge is 0.310 e. The smallest absolute Gasteiger partial charge is 0.235 e. The highest BCUT2D eigenvalue weighted by molar-refractivity contribution is 9.10. The van der Waals surface area contributed by atoms with Gasteiger partial charge in [0.15, 0.2) is 5.16 Å². The van der Waals surface area contributed by atoms with Crippen LogP contribution in [0.15, 0.2) is 70.7 Å². The van der Waals surface area contributed by atoms with Crippen LogP contribution < -0.4 is 5.32 Å². The molecule has 0 unspecified atom stereocenters. The normalized spacial score (nSPS) is 10.9. The van der Waals surface area contributed by atoms with Gasteiger partial charge in [-0.1, -0.05) is 45.9 Å². The molecule has 2 aromatic heterocycles. The molecular formula is C22H21BrN6OS. The number of anilines is 1. The van der Waals surface area contributed by atoms with E-state index >= 15 is 0 Å². The van der Waals surface area contributed by atoms with Gasteiger partial charge in [0.2, 0.25) is 5.91 Å². The van der Waals surface area contributed by atoms with E-state index < -0.39 is 0 Å². The monoisotopic (exact) mass is 496 g/mol. The predicted molar refractivity (Wildman–Crippen MR) is 126 cm³/mol. The maximum atomic E-state index is 12.6. The number of carbonyl (C=O) groups excluding carboxylic acids is 1. The minimum atomic E-state index is -0.128. The lowest BCUT2D eigenvalue weighted by Gasteiger charge is -2.10. The number of nitrogens with zero attached hydrogens (tertiary/aromatic N) is 5. The van der Waals surface area contributed by atoms with E-state index in [9.17, 15) is 4.79 Å². The number of carbonyl (C=O) groups is 1. The van der Waals surface area contributed by atoms with Gasteiger partial charge in [-0.25, -0.2) is 4.68 Å². The summed E-state index contributed by atoms with van der Waals surface area (Å²) in [5.74, 6) is 0.744. The number of thioether (sulfide) groups is 1. The highest BCUT2D eigenvalue weighted by Crippen LogP contribution is 2.22. The molecule has 1 amide bonds. The summed E-state index contributed by atoms with van der Waals surface area (Å²) in [6.45, 7) is 4.72. The fourth-order valence-electron chi connectivity index (χ4n) is 3.01. The van der Waals surface area contributed by atoms with Crippen LogP contribution in [0.4, 0.5) is 5.82 Å². The SMILES string of the molecule is Cc1ccc(-n2cnnc2SCC(=O)Nc2ccnn2Cc2ccc(Br)cc2)cc1C. The molecule has 2 heterocycles. The van der Waals surface area contributed by atoms with E-state index in [1.165, 1.54) is 22.9 Å². The first-order valence-corrected chi connectivity index (χ1v) is 11.4. The zero-order valence-corrected chi connectivity index (χ0v) is 19.5. The molecule has 4 aromatic rings. The van der Waals surface area contributed by atoms with Crippen LogP contribution in [0.2, 0.25) is 0 Å². The summed E-state index contributed by atoms with van der Waals surface area (Å²) in [5.41, 5.74) is 4.49. The topological polar surface area (TPSA) is 77.6 Å². The van der Waals surface area contributed by atoms with Gasteiger partial charge in [-0.15, -0.1) is 10.2 Å². The van der Waals surface area contributed by atoms with Crippen molar-refractivity contribution in [3.05, 3.63) is 82.2 Å². The van der Waals surface area contributed by atoms with Crippen LogP contribution in [0.5, 0.6) is 0 Å². The maximum Gasteiger partial charge on any atom is 0.235 e. The van der Waals surface area contributed by atoms with Crippen molar-refractivity contribution in [1.82, 2.24) is 24.5 Å². The molecule has 31 heavy (non-hydrogen) atoms. The fourth-order valence-corrected chi connectivity index (χ4v) is 4.01. The number of aryl methyl sites for hydroxylation is 2. The van der Waals surface area contributed by atoms with E-state index in [1.54, 1.807) is 23.3 Å². The van der Waals surface area contributed by atoms with Gasteiger partial charge in [-0.2, -0.15) is 5.10 Å². The van der Waals surface area contributed by atoms with Crippen LogP contribution in [0.3, 0.4) is 0 Å². The number of nitrogens with one attached hydrogen (secondary N) is 1. The highest BCUT2D eigenvalue weighted by atomic mass is 79.9. The van der Waals surface area contributed by atoms with Crippen molar-refractivity contribution in [2.24, 2.45) is 0 Å². The Balaban J connectivity index is 1.39. The summed E-state index contributed by atoms with van der Waals surface area (Å²) in [5, 5.41) is 16.1. The Morgan fingerprint density at radius 1 is 1.10 bits per heavy atom. The van der Waals surface area contributed by atoms with Crippen molar-refractivity contribution in [2.75, 3.05) is 11.1 Å². The fraction of sp³-hybridized carbons (Fsp3) is 0.182. The summed E-state index contributed by atoms with van der Waals surface area (Å²) in [4.78, 5) is 12.6. The molecule has 0 atom stereocenters. The van der Waals surface area contributed by atoms with Crippen LogP contribution in [-0.4, -0.2) is 36.2 Å². The van der Waals surface area contributed by atoms with E-state index in [0.29, 0.717) is 17.5 Å². The van der Waals surface area contributed by atoms with Crippen molar-refractivity contribution in [3.8, 4) is 5.69 Å². The predicted octanol–water partition coefficient (Wildman–Crippen LogP) is 4.62. The summed E-state index contributed by atoms with van der Waals surface area (Å²) in [6, 6.07) is 16.0. The Bertz CT molecular complexity index is 1200. The van der Waals surface area contributed by atoms with Crippen LogP contribution in [0, 0.1) is 13.8 Å². The first-order valence-electron chi connectivity index (χ1n) is 9.66. The first-order chi connectivity index (χ1) is 15.0. The summed E-state index contributed by atoms with van der Waals surface area (Å²) < 4.78 is 4.68. The van der Waals surface area contributed by atoms with Gasteiger partial charge in [0.05, 0.1) is 18.5 Å². The molecule has 7 nitrogen and oxygen atoms in total. The number of amides is 1. The van der Waals surface area contributed by atoms with Gasteiger partial charge in [0.25, 0.3) is 0 Å². The second-order valence-corrected chi connectivity index (χ2v) is 8.95. The van der Waals surface area contributed by atoms with E-state index in [4.69, 9.17) is 0 Å². The summed E-state index contributed by atoms with van der Waals surface area (Å²) >= 11 is 4.78. The Hall–Kier alpha value is -2.91. The standard InChI is InChI=1S/C22H21BrN6OS/c1-15-3-8-19(11-16(15)2)28-14-24-27-22(28)31-13-21(30)26-20-9-10-25-29(20)12-17-4-6-18(23)7-5-17/h3-11,14H,12-13H2,1-2H3,(H,26,30). The first kappa shape index (κ1) is 21.3. The second kappa shape index (κ2) is 9.49. The molecule has 0 bridgehead atoms. The van der Waals surface area contributed by atoms with Gasteiger partial charge in [0, 0.05) is 16.2 Å². The van der Waals surface area contributed by atoms with Crippen LogP contribution in [0.1, 0.15) is 16.7 Å². The molecule has 0 aliphatic heterocycles. The molecule has 158 valence electrons. The van der Waals surface area contributed by atoms with E-state index in [1.807, 2.05) is 34.9 Å². The Morgan fingerprint density at radius 3 is 2.68 bits per heavy atom. The lowest BCUT2D eigenvalue weighted by molar-refractivity contribution is -0.113. The highest BCUT2D eigenvalue weighted by Gasteiger charge is 2.13. The molecule has 0 saturated carbocycles. The zero-order chi connectivity index (χ0) is 21.8. The molecule has 4 rings (SSSR count). The third-order valence-corrected chi connectivity index (χ3v) is 6.32. The van der Waals surface area contributed by atoms with Crippen molar-refractivity contribution in [1.29, 1.82) is 0 Å². The Labute approximate surface area is 193 Å². The number of halogens is 1. The number of aromatic nitrogens is 5. The maximum absolute atomic E-state index is 12.6. The number of hydrogen-bond acceptors (Lipinski definition) is 5. The number of rotatable bonds is 7. The van der Waals surface area contributed by atoms with E-state index in [0.717, 1.165) is 15.7 Å². The molecule has 9 heteroatoms. The van der Waals surface area contributed by atoms with Gasteiger partial charge in [-0.3, -0.25) is 9.36 Å². The van der Waals surface area contributed by atoms with Crippen molar-refractivity contribution in [2.45, 2.75) is 25.5 Å². The molecule has 0 aliphatic carbocycles. The molecule has 1 N–H and O–H groups in total. The Morgan fingerprint density at radius 2 is 1.90 bits per heavy atom. The van der Waals surface area contributed by atoms with Gasteiger partial charge in [0.1, 0.15) is 12.1 Å². The van der Waals surface area contributed by atoms with Crippen molar-refractivity contribution < 1.29 is 4.79 Å². The van der Waals surface area contributed by atoms with Crippen LogP contribution in [0.25, 0.3) is 5.69 Å². The van der Waals surface area contributed by atoms with E-state index in [-0.39, 0.29) is 11.7 Å². The van der Waals surface area contributed by atoms with Gasteiger partial charge < -0.3 is 5.32 Å². The average molecular weight is 497 g/mol. The van der Waals surface area contributed by atoms with Crippen LogP contribution in [-0.2, 0) is 11.3 Å². The number of benzene rings is 2. The third-order valence-electron chi connectivity index (χ3n) is 4.85. The molecule has 2 aromatic carbocycles. The second-order valence-electron chi connectivity index (χ2n) is 7.09. The average Bonchev–Trinajstić information content (AvgIpc) is 3.40. The van der Waals surface area contributed by atoms with Crippen molar-refractivity contribution >= 4 is 39.4 Å². The molecular weight excluding hydrogens is 476 g/mol. The Kier molecular flexibility index (Phi) is 6.53. The molecule has 0 fully saturated rings. The minimum absolute atomic E-state index is 0.128. The van der Waals surface area contributed by atoms with Crippen LogP contribution >= 0.6 is 27.7 Å². The lowest BCUT2D eigenvalue weighted by atomic mass is 10.1. The summed E-state index contributed by atoms with van der Waals surface area (Å²) in [6.07, 6.45) is 3.34. The lowest BCUT2D eigenvalue weighted by Crippen LogP contribution is -2.18.